The first kappa shape index (κ1) is 19.5. The van der Waals surface area contributed by atoms with Crippen LogP contribution >= 0.6 is 0 Å². The molecule has 0 bridgehead atoms. The molecule has 1 N–H and O–H groups in total. The van der Waals surface area contributed by atoms with Crippen LogP contribution in [0.1, 0.15) is 12.0 Å². The molecule has 2 heterocycles. The molecule has 2 rings (SSSR count). The van der Waals surface area contributed by atoms with Gasteiger partial charge in [0.15, 0.2) is 0 Å². The van der Waals surface area contributed by atoms with E-state index in [0.717, 1.165) is 25.2 Å². The molecule has 1 aliphatic heterocycles. The number of alkyl halides is 3. The van der Waals surface area contributed by atoms with Gasteiger partial charge in [-0.1, -0.05) is 0 Å². The van der Waals surface area contributed by atoms with Gasteiger partial charge in [-0.3, -0.25) is 9.69 Å². The Hall–Kier alpha value is -1.87. The molecule has 0 radical (unpaired) electrons. The first-order chi connectivity index (χ1) is 11.9. The summed E-state index contributed by atoms with van der Waals surface area (Å²) in [4.78, 5) is 19.8. The zero-order chi connectivity index (χ0) is 18.3. The van der Waals surface area contributed by atoms with E-state index in [1.807, 2.05) is 9.80 Å². The Kier molecular flexibility index (Phi) is 7.01. The van der Waals surface area contributed by atoms with E-state index in [1.165, 1.54) is 6.07 Å². The van der Waals surface area contributed by atoms with Gasteiger partial charge < -0.3 is 15.0 Å². The Balaban J connectivity index is 1.85. The van der Waals surface area contributed by atoms with Gasteiger partial charge in [-0.25, -0.2) is 4.98 Å². The van der Waals surface area contributed by atoms with Gasteiger partial charge in [0, 0.05) is 46.0 Å². The number of halogens is 3. The molecule has 0 atom stereocenters. The molecule has 0 unspecified atom stereocenters. The number of aromatic nitrogens is 1. The van der Waals surface area contributed by atoms with Gasteiger partial charge in [0.1, 0.15) is 5.82 Å². The lowest BCUT2D eigenvalue weighted by molar-refractivity contribution is -0.137. The molecule has 1 saturated heterocycles. The van der Waals surface area contributed by atoms with Gasteiger partial charge in [-0.2, -0.15) is 13.2 Å². The van der Waals surface area contributed by atoms with Gasteiger partial charge in [0.25, 0.3) is 0 Å². The number of ether oxygens (including phenoxy) is 1. The number of hydrogen-bond donors (Lipinski definition) is 1. The van der Waals surface area contributed by atoms with Crippen molar-refractivity contribution in [3.8, 4) is 0 Å². The van der Waals surface area contributed by atoms with Crippen molar-refractivity contribution in [3.63, 3.8) is 0 Å². The van der Waals surface area contributed by atoms with Gasteiger partial charge in [-0.15, -0.1) is 0 Å². The van der Waals surface area contributed by atoms with Gasteiger partial charge in [-0.05, 0) is 18.6 Å². The Morgan fingerprint density at radius 1 is 1.28 bits per heavy atom. The van der Waals surface area contributed by atoms with Gasteiger partial charge in [0.05, 0.1) is 18.7 Å². The predicted molar refractivity (Wildman–Crippen MR) is 87.4 cm³/mol. The smallest absolute Gasteiger partial charge is 0.383 e. The van der Waals surface area contributed by atoms with Crippen LogP contribution < -0.4 is 10.2 Å². The fourth-order valence-electron chi connectivity index (χ4n) is 2.65. The molecule has 0 aliphatic carbocycles. The summed E-state index contributed by atoms with van der Waals surface area (Å²) in [7, 11) is 1.57. The largest absolute Gasteiger partial charge is 0.417 e. The molecule has 0 saturated carbocycles. The van der Waals surface area contributed by atoms with Crippen molar-refractivity contribution in [2.24, 2.45) is 0 Å². The highest BCUT2D eigenvalue weighted by Gasteiger charge is 2.31. The second-order valence-corrected chi connectivity index (χ2v) is 5.86. The SMILES string of the molecule is COCCNC(=O)CN1CCCN(c2ccc(C(F)(F)F)cn2)CC1. The second-order valence-electron chi connectivity index (χ2n) is 5.86. The van der Waals surface area contributed by atoms with Crippen molar-refractivity contribution in [2.75, 3.05) is 57.9 Å². The first-order valence-corrected chi connectivity index (χ1v) is 8.16. The molecule has 1 aromatic rings. The van der Waals surface area contributed by atoms with E-state index < -0.39 is 11.7 Å². The summed E-state index contributed by atoms with van der Waals surface area (Å²) in [5, 5.41) is 2.78. The Labute approximate surface area is 145 Å². The molecule has 1 aliphatic rings. The number of carbonyl (C=O) groups excluding carboxylic acids is 1. The Bertz CT molecular complexity index is 551. The first-order valence-electron chi connectivity index (χ1n) is 8.16. The predicted octanol–water partition coefficient (Wildman–Crippen LogP) is 1.38. The number of methoxy groups -OCH3 is 1. The summed E-state index contributed by atoms with van der Waals surface area (Å²) >= 11 is 0. The van der Waals surface area contributed by atoms with E-state index in [9.17, 15) is 18.0 Å². The lowest BCUT2D eigenvalue weighted by Gasteiger charge is -2.22. The number of amides is 1. The van der Waals surface area contributed by atoms with Gasteiger partial charge >= 0.3 is 6.18 Å². The van der Waals surface area contributed by atoms with E-state index >= 15 is 0 Å². The van der Waals surface area contributed by atoms with Crippen LogP contribution in [0.15, 0.2) is 18.3 Å². The maximum atomic E-state index is 12.6. The average Bonchev–Trinajstić information content (AvgIpc) is 2.80. The van der Waals surface area contributed by atoms with Crippen molar-refractivity contribution in [1.82, 2.24) is 15.2 Å². The summed E-state index contributed by atoms with van der Waals surface area (Å²) in [5.41, 5.74) is -0.750. The number of nitrogens with one attached hydrogen (secondary N) is 1. The van der Waals surface area contributed by atoms with Crippen LogP contribution in [0.2, 0.25) is 0 Å². The summed E-state index contributed by atoms with van der Waals surface area (Å²) in [6.45, 7) is 3.97. The molecule has 1 fully saturated rings. The van der Waals surface area contributed by atoms with Crippen molar-refractivity contribution in [1.29, 1.82) is 0 Å². The zero-order valence-electron chi connectivity index (χ0n) is 14.2. The minimum Gasteiger partial charge on any atom is -0.383 e. The van der Waals surface area contributed by atoms with E-state index in [1.54, 1.807) is 7.11 Å². The van der Waals surface area contributed by atoms with Crippen LogP contribution in [-0.4, -0.2) is 68.8 Å². The highest BCUT2D eigenvalue weighted by Crippen LogP contribution is 2.29. The van der Waals surface area contributed by atoms with Crippen LogP contribution in [0.5, 0.6) is 0 Å². The normalized spacial score (nSPS) is 16.6. The molecule has 25 heavy (non-hydrogen) atoms. The fraction of sp³-hybridized carbons (Fsp3) is 0.625. The third kappa shape index (κ3) is 6.17. The maximum Gasteiger partial charge on any atom is 0.417 e. The van der Waals surface area contributed by atoms with E-state index in [2.05, 4.69) is 10.3 Å². The standard InChI is InChI=1S/C16H23F3N4O2/c1-25-10-5-20-15(24)12-22-6-2-7-23(9-8-22)14-4-3-13(11-21-14)16(17,18)19/h3-4,11H,2,5-10,12H2,1H3,(H,20,24). The van der Waals surface area contributed by atoms with Gasteiger partial charge in [0.2, 0.25) is 5.91 Å². The minimum atomic E-state index is -4.38. The molecular formula is C16H23F3N4O2. The minimum absolute atomic E-state index is 0.0573. The molecule has 1 aromatic heterocycles. The van der Waals surface area contributed by atoms with Crippen LogP contribution in [0.4, 0.5) is 19.0 Å². The Morgan fingerprint density at radius 2 is 2.08 bits per heavy atom. The van der Waals surface area contributed by atoms with Crippen molar-refractivity contribution < 1.29 is 22.7 Å². The summed E-state index contributed by atoms with van der Waals surface area (Å²) < 4.78 is 42.7. The highest BCUT2D eigenvalue weighted by atomic mass is 19.4. The third-order valence-corrected chi connectivity index (χ3v) is 3.98. The van der Waals surface area contributed by atoms with Crippen molar-refractivity contribution in [3.05, 3.63) is 23.9 Å². The third-order valence-electron chi connectivity index (χ3n) is 3.98. The average molecular weight is 360 g/mol. The zero-order valence-corrected chi connectivity index (χ0v) is 14.2. The number of nitrogens with zero attached hydrogens (tertiary/aromatic N) is 3. The van der Waals surface area contributed by atoms with E-state index in [4.69, 9.17) is 4.74 Å². The van der Waals surface area contributed by atoms with Crippen molar-refractivity contribution in [2.45, 2.75) is 12.6 Å². The van der Waals surface area contributed by atoms with Crippen LogP contribution in [0, 0.1) is 0 Å². The monoisotopic (exact) mass is 360 g/mol. The Morgan fingerprint density at radius 3 is 2.72 bits per heavy atom. The number of pyridine rings is 1. The molecule has 0 aromatic carbocycles. The summed E-state index contributed by atoms with van der Waals surface area (Å²) in [6.07, 6.45) is -2.70. The van der Waals surface area contributed by atoms with Crippen LogP contribution in [0.3, 0.4) is 0 Å². The molecule has 9 heteroatoms. The number of rotatable bonds is 6. The fourth-order valence-corrected chi connectivity index (χ4v) is 2.65. The van der Waals surface area contributed by atoms with Crippen LogP contribution in [-0.2, 0) is 15.7 Å². The highest BCUT2D eigenvalue weighted by molar-refractivity contribution is 5.78. The maximum absolute atomic E-state index is 12.6. The molecule has 140 valence electrons. The number of carbonyl (C=O) groups is 1. The quantitative estimate of drug-likeness (QED) is 0.777. The number of hydrogen-bond acceptors (Lipinski definition) is 5. The lowest BCUT2D eigenvalue weighted by Crippen LogP contribution is -2.40. The molecular weight excluding hydrogens is 337 g/mol. The lowest BCUT2D eigenvalue weighted by atomic mass is 10.2. The van der Waals surface area contributed by atoms with E-state index in [0.29, 0.717) is 45.1 Å². The molecule has 1 amide bonds. The molecule has 6 nitrogen and oxygen atoms in total. The molecule has 0 spiro atoms. The number of anilines is 1. The summed E-state index contributed by atoms with van der Waals surface area (Å²) in [6, 6.07) is 2.45. The topological polar surface area (TPSA) is 57.7 Å². The van der Waals surface area contributed by atoms with Crippen LogP contribution in [0.25, 0.3) is 0 Å². The van der Waals surface area contributed by atoms with E-state index in [-0.39, 0.29) is 5.91 Å². The van der Waals surface area contributed by atoms with Crippen molar-refractivity contribution >= 4 is 11.7 Å². The summed E-state index contributed by atoms with van der Waals surface area (Å²) in [5.74, 6) is 0.470. The second kappa shape index (κ2) is 9.00.